The molecule has 0 fully saturated rings. The third kappa shape index (κ3) is 4.40. The Kier molecular flexibility index (Phi) is 5.80. The maximum Gasteiger partial charge on any atom is 0.287 e. The lowest BCUT2D eigenvalue weighted by atomic mass is 10.0. The second kappa shape index (κ2) is 7.12. The smallest absolute Gasteiger partial charge is 0.287 e. The third-order valence-electron chi connectivity index (χ3n) is 3.35. The second-order valence-electron chi connectivity index (χ2n) is 5.71. The first kappa shape index (κ1) is 16.3. The third-order valence-corrected chi connectivity index (χ3v) is 3.35. The maximum absolute atomic E-state index is 12.2. The van der Waals surface area contributed by atoms with Gasteiger partial charge in [-0.15, -0.1) is 0 Å². The molecule has 112 valence electrons. The summed E-state index contributed by atoms with van der Waals surface area (Å²) < 4.78 is 5.03. The minimum absolute atomic E-state index is 0.00623. The van der Waals surface area contributed by atoms with Gasteiger partial charge in [0.15, 0.2) is 5.76 Å². The Morgan fingerprint density at radius 2 is 1.70 bits per heavy atom. The number of hydrogen-bond acceptors (Lipinski definition) is 3. The molecule has 5 heteroatoms. The first-order chi connectivity index (χ1) is 9.32. The van der Waals surface area contributed by atoms with Crippen LogP contribution in [0.1, 0.15) is 45.2 Å². The van der Waals surface area contributed by atoms with Crippen molar-refractivity contribution in [3.63, 3.8) is 0 Å². The van der Waals surface area contributed by atoms with Crippen LogP contribution in [0.3, 0.4) is 0 Å². The van der Waals surface area contributed by atoms with Crippen LogP contribution in [0.2, 0.25) is 0 Å². The molecule has 2 N–H and O–H groups in total. The summed E-state index contributed by atoms with van der Waals surface area (Å²) in [7, 11) is 0. The number of nitrogens with one attached hydrogen (secondary N) is 2. The van der Waals surface area contributed by atoms with E-state index in [0.29, 0.717) is 5.92 Å². The summed E-state index contributed by atoms with van der Waals surface area (Å²) in [6.45, 7) is 9.82. The van der Waals surface area contributed by atoms with Gasteiger partial charge in [0.2, 0.25) is 5.91 Å². The molecule has 2 unspecified atom stereocenters. The van der Waals surface area contributed by atoms with Gasteiger partial charge in [-0.3, -0.25) is 9.59 Å². The zero-order valence-electron chi connectivity index (χ0n) is 12.8. The molecule has 1 aromatic heterocycles. The molecule has 5 nitrogen and oxygen atoms in total. The minimum Gasteiger partial charge on any atom is -0.459 e. The number of hydrogen-bond donors (Lipinski definition) is 2. The molecule has 2 amide bonds. The zero-order chi connectivity index (χ0) is 15.3. The predicted octanol–water partition coefficient (Wildman–Crippen LogP) is 2.19. The number of carbonyl (C=O) groups excluding carboxylic acids is 2. The van der Waals surface area contributed by atoms with Gasteiger partial charge in [-0.1, -0.05) is 27.7 Å². The number of amides is 2. The molecular formula is C15H24N2O3. The molecule has 0 aliphatic rings. The van der Waals surface area contributed by atoms with Crippen LogP contribution in [0, 0.1) is 11.8 Å². The molecule has 0 aromatic carbocycles. The van der Waals surface area contributed by atoms with Gasteiger partial charge in [-0.2, -0.15) is 0 Å². The normalized spacial score (nSPS) is 14.2. The van der Waals surface area contributed by atoms with Gasteiger partial charge in [0.25, 0.3) is 5.91 Å². The van der Waals surface area contributed by atoms with Crippen LogP contribution in [-0.2, 0) is 4.79 Å². The summed E-state index contributed by atoms with van der Waals surface area (Å²) in [5.74, 6) is 0.00308. The van der Waals surface area contributed by atoms with Crippen LogP contribution >= 0.6 is 0 Å². The monoisotopic (exact) mass is 280 g/mol. The van der Waals surface area contributed by atoms with Gasteiger partial charge < -0.3 is 15.1 Å². The molecule has 0 spiro atoms. The molecule has 0 aliphatic carbocycles. The summed E-state index contributed by atoms with van der Waals surface area (Å²) in [6, 6.07) is 2.69. The number of carbonyl (C=O) groups is 2. The molecule has 0 radical (unpaired) electrons. The molecule has 1 heterocycles. The maximum atomic E-state index is 12.2. The van der Waals surface area contributed by atoms with Crippen molar-refractivity contribution >= 4 is 11.8 Å². The fourth-order valence-corrected chi connectivity index (χ4v) is 1.64. The van der Waals surface area contributed by atoms with Crippen LogP contribution in [0.25, 0.3) is 0 Å². The highest BCUT2D eigenvalue weighted by Gasteiger charge is 2.26. The predicted molar refractivity (Wildman–Crippen MR) is 77.2 cm³/mol. The molecule has 0 bridgehead atoms. The second-order valence-corrected chi connectivity index (χ2v) is 5.71. The van der Waals surface area contributed by atoms with Gasteiger partial charge in [0.1, 0.15) is 6.04 Å². The highest BCUT2D eigenvalue weighted by atomic mass is 16.3. The van der Waals surface area contributed by atoms with E-state index in [1.165, 1.54) is 6.26 Å². The van der Waals surface area contributed by atoms with E-state index in [9.17, 15) is 9.59 Å². The molecule has 0 saturated heterocycles. The molecule has 1 aromatic rings. The fraction of sp³-hybridized carbons (Fsp3) is 0.600. The highest BCUT2D eigenvalue weighted by Crippen LogP contribution is 2.07. The Morgan fingerprint density at radius 1 is 1.05 bits per heavy atom. The van der Waals surface area contributed by atoms with Crippen LogP contribution < -0.4 is 10.6 Å². The van der Waals surface area contributed by atoms with Crippen molar-refractivity contribution in [2.24, 2.45) is 11.8 Å². The summed E-state index contributed by atoms with van der Waals surface area (Å²) >= 11 is 0. The van der Waals surface area contributed by atoms with Crippen LogP contribution in [-0.4, -0.2) is 23.9 Å². The Labute approximate surface area is 120 Å². The van der Waals surface area contributed by atoms with Gasteiger partial charge >= 0.3 is 0 Å². The van der Waals surface area contributed by atoms with Crippen molar-refractivity contribution in [3.05, 3.63) is 24.2 Å². The fourth-order valence-electron chi connectivity index (χ4n) is 1.64. The van der Waals surface area contributed by atoms with Gasteiger partial charge in [-0.05, 0) is 30.9 Å². The summed E-state index contributed by atoms with van der Waals surface area (Å²) in [5, 5.41) is 5.65. The number of rotatable bonds is 6. The lowest BCUT2D eigenvalue weighted by molar-refractivity contribution is -0.124. The van der Waals surface area contributed by atoms with Crippen molar-refractivity contribution in [1.82, 2.24) is 10.6 Å². The number of furan rings is 1. The van der Waals surface area contributed by atoms with E-state index >= 15 is 0 Å². The highest BCUT2D eigenvalue weighted by molar-refractivity contribution is 5.95. The largest absolute Gasteiger partial charge is 0.459 e. The first-order valence-corrected chi connectivity index (χ1v) is 6.97. The van der Waals surface area contributed by atoms with E-state index in [1.54, 1.807) is 12.1 Å². The van der Waals surface area contributed by atoms with E-state index < -0.39 is 6.04 Å². The van der Waals surface area contributed by atoms with Crippen molar-refractivity contribution in [1.29, 1.82) is 0 Å². The molecule has 0 saturated carbocycles. The summed E-state index contributed by atoms with van der Waals surface area (Å²) in [4.78, 5) is 24.2. The van der Waals surface area contributed by atoms with Crippen LogP contribution in [0.15, 0.2) is 22.8 Å². The quantitative estimate of drug-likeness (QED) is 0.839. The lowest BCUT2D eigenvalue weighted by Crippen LogP contribution is -2.52. The Balaban J connectivity index is 2.69. The Bertz CT molecular complexity index is 438. The summed E-state index contributed by atoms with van der Waals surface area (Å²) in [6.07, 6.45) is 1.43. The van der Waals surface area contributed by atoms with E-state index in [4.69, 9.17) is 4.42 Å². The minimum atomic E-state index is -0.575. The van der Waals surface area contributed by atoms with Crippen molar-refractivity contribution < 1.29 is 14.0 Å². The lowest BCUT2D eigenvalue weighted by Gasteiger charge is -2.25. The van der Waals surface area contributed by atoms with Crippen molar-refractivity contribution in [2.45, 2.75) is 46.7 Å². The van der Waals surface area contributed by atoms with Gasteiger partial charge in [0, 0.05) is 6.04 Å². The first-order valence-electron chi connectivity index (χ1n) is 6.97. The Hall–Kier alpha value is -1.78. The average Bonchev–Trinajstić information content (AvgIpc) is 2.88. The van der Waals surface area contributed by atoms with Crippen LogP contribution in [0.5, 0.6) is 0 Å². The van der Waals surface area contributed by atoms with Gasteiger partial charge in [0.05, 0.1) is 6.26 Å². The standard InChI is InChI=1S/C15H24N2O3/c1-9(2)11(5)16-15(19)13(10(3)4)17-14(18)12-7-6-8-20-12/h6-11,13H,1-5H3,(H,16,19)(H,17,18). The Morgan fingerprint density at radius 3 is 2.15 bits per heavy atom. The molecule has 2 atom stereocenters. The average molecular weight is 280 g/mol. The zero-order valence-corrected chi connectivity index (χ0v) is 12.8. The molecular weight excluding hydrogens is 256 g/mol. The van der Waals surface area contributed by atoms with E-state index in [0.717, 1.165) is 0 Å². The summed E-state index contributed by atoms with van der Waals surface area (Å²) in [5.41, 5.74) is 0. The van der Waals surface area contributed by atoms with Crippen molar-refractivity contribution in [3.8, 4) is 0 Å². The van der Waals surface area contributed by atoms with E-state index in [-0.39, 0.29) is 29.5 Å². The molecule has 20 heavy (non-hydrogen) atoms. The molecule has 1 rings (SSSR count). The van der Waals surface area contributed by atoms with E-state index in [2.05, 4.69) is 10.6 Å². The van der Waals surface area contributed by atoms with Gasteiger partial charge in [-0.25, -0.2) is 0 Å². The van der Waals surface area contributed by atoms with Crippen LogP contribution in [0.4, 0.5) is 0 Å². The molecule has 0 aliphatic heterocycles. The van der Waals surface area contributed by atoms with E-state index in [1.807, 2.05) is 34.6 Å². The topological polar surface area (TPSA) is 71.3 Å². The SMILES string of the molecule is CC(C)C(C)NC(=O)C(NC(=O)c1ccco1)C(C)C. The van der Waals surface area contributed by atoms with Crippen molar-refractivity contribution in [2.75, 3.05) is 0 Å².